The molecule has 5 rings (SSSR count). The first-order valence-corrected chi connectivity index (χ1v) is 16.1. The number of carbonyl (C=O) groups is 3. The zero-order valence-corrected chi connectivity index (χ0v) is 25.8. The molecule has 3 fully saturated rings. The topological polar surface area (TPSA) is 129 Å². The molecular formula is C34H45N3O7. The summed E-state index contributed by atoms with van der Waals surface area (Å²) in [6, 6.07) is 11.4. The molecule has 2 aromatic carbocycles. The third kappa shape index (κ3) is 6.71. The van der Waals surface area contributed by atoms with Crippen molar-refractivity contribution < 1.29 is 34.1 Å². The molecule has 0 radical (unpaired) electrons. The van der Waals surface area contributed by atoms with Gasteiger partial charge in [0.25, 0.3) is 0 Å². The number of rotatable bonds is 12. The van der Waals surface area contributed by atoms with Crippen molar-refractivity contribution in [2.45, 2.75) is 89.4 Å². The molecule has 3 aliphatic rings. The van der Waals surface area contributed by atoms with Gasteiger partial charge in [-0.2, -0.15) is 0 Å². The number of carboxylic acid groups (broad SMARTS) is 1. The van der Waals surface area contributed by atoms with Gasteiger partial charge in [0.05, 0.1) is 18.3 Å². The Bertz CT molecular complexity index is 1320. The van der Waals surface area contributed by atoms with Crippen molar-refractivity contribution >= 4 is 17.8 Å². The van der Waals surface area contributed by atoms with Crippen LogP contribution in [-0.4, -0.2) is 81.7 Å². The van der Waals surface area contributed by atoms with Gasteiger partial charge < -0.3 is 29.9 Å². The SMILES string of the molecule is CCCCN1C(=O)[C@H](C(O)C2CCCC2)NC(=O)C12CCN(Cc1ccc(Oc3ccc(C(=O)O)cc3OCC)cc1)CC2. The number of aromatic carboxylic acids is 1. The first-order chi connectivity index (χ1) is 21.3. The maximum Gasteiger partial charge on any atom is 0.335 e. The van der Waals surface area contributed by atoms with Crippen LogP contribution in [0.4, 0.5) is 0 Å². The van der Waals surface area contributed by atoms with Crippen LogP contribution in [0.1, 0.15) is 81.1 Å². The smallest absolute Gasteiger partial charge is 0.335 e. The van der Waals surface area contributed by atoms with E-state index in [1.165, 1.54) is 12.1 Å². The van der Waals surface area contributed by atoms with Gasteiger partial charge in [-0.25, -0.2) is 4.79 Å². The van der Waals surface area contributed by atoms with E-state index in [1.54, 1.807) is 11.0 Å². The van der Waals surface area contributed by atoms with Crippen LogP contribution in [0.3, 0.4) is 0 Å². The minimum absolute atomic E-state index is 0.0640. The first kappa shape index (κ1) is 31.8. The van der Waals surface area contributed by atoms with Crippen molar-refractivity contribution in [2.75, 3.05) is 26.2 Å². The van der Waals surface area contributed by atoms with E-state index < -0.39 is 23.7 Å². The molecule has 238 valence electrons. The van der Waals surface area contributed by atoms with Crippen LogP contribution in [-0.2, 0) is 16.1 Å². The summed E-state index contributed by atoms with van der Waals surface area (Å²) in [5.74, 6) is 0.194. The van der Waals surface area contributed by atoms with Gasteiger partial charge in [-0.15, -0.1) is 0 Å². The van der Waals surface area contributed by atoms with Gasteiger partial charge >= 0.3 is 5.97 Å². The third-order valence-corrected chi connectivity index (χ3v) is 9.45. The summed E-state index contributed by atoms with van der Waals surface area (Å²) in [6.45, 7) is 6.86. The Morgan fingerprint density at radius 2 is 1.75 bits per heavy atom. The number of carboxylic acids is 1. The van der Waals surface area contributed by atoms with E-state index in [1.807, 2.05) is 31.2 Å². The summed E-state index contributed by atoms with van der Waals surface area (Å²) in [7, 11) is 0. The fourth-order valence-corrected chi connectivity index (χ4v) is 6.90. The summed E-state index contributed by atoms with van der Waals surface area (Å²) < 4.78 is 11.6. The number of aliphatic hydroxyl groups is 1. The minimum Gasteiger partial charge on any atom is -0.490 e. The van der Waals surface area contributed by atoms with Crippen LogP contribution < -0.4 is 14.8 Å². The van der Waals surface area contributed by atoms with Crippen LogP contribution >= 0.6 is 0 Å². The van der Waals surface area contributed by atoms with Gasteiger partial charge in [0.15, 0.2) is 11.5 Å². The average molecular weight is 608 g/mol. The zero-order valence-electron chi connectivity index (χ0n) is 25.8. The Hall–Kier alpha value is -3.63. The van der Waals surface area contributed by atoms with Gasteiger partial charge in [0, 0.05) is 26.2 Å². The largest absolute Gasteiger partial charge is 0.490 e. The predicted octanol–water partition coefficient (Wildman–Crippen LogP) is 4.59. The van der Waals surface area contributed by atoms with Crippen LogP contribution in [0.15, 0.2) is 42.5 Å². The fraction of sp³-hybridized carbons (Fsp3) is 0.559. The number of nitrogens with one attached hydrogen (secondary N) is 1. The maximum absolute atomic E-state index is 13.8. The Morgan fingerprint density at radius 1 is 1.05 bits per heavy atom. The molecule has 2 aromatic rings. The lowest BCUT2D eigenvalue weighted by atomic mass is 9.80. The molecule has 10 nitrogen and oxygen atoms in total. The second kappa shape index (κ2) is 14.0. The number of aliphatic hydroxyl groups excluding tert-OH is 1. The molecule has 1 aliphatic carbocycles. The average Bonchev–Trinajstić information content (AvgIpc) is 3.57. The van der Waals surface area contributed by atoms with Crippen LogP contribution in [0.2, 0.25) is 0 Å². The molecule has 2 aliphatic heterocycles. The predicted molar refractivity (Wildman–Crippen MR) is 165 cm³/mol. The lowest BCUT2D eigenvalue weighted by Gasteiger charge is -2.52. The number of piperazine rings is 1. The summed E-state index contributed by atoms with van der Waals surface area (Å²) in [5.41, 5.74) is 0.344. The highest BCUT2D eigenvalue weighted by molar-refractivity contribution is 6.00. The number of unbranched alkanes of at least 4 members (excludes halogenated alkanes) is 1. The maximum atomic E-state index is 13.8. The molecule has 2 saturated heterocycles. The molecule has 44 heavy (non-hydrogen) atoms. The summed E-state index contributed by atoms with van der Waals surface area (Å²) in [4.78, 5) is 42.9. The molecule has 3 N–H and O–H groups in total. The number of benzene rings is 2. The van der Waals surface area contributed by atoms with E-state index >= 15 is 0 Å². The number of likely N-dealkylation sites (tertiary alicyclic amines) is 1. The van der Waals surface area contributed by atoms with Crippen LogP contribution in [0.5, 0.6) is 17.2 Å². The Balaban J connectivity index is 1.22. The van der Waals surface area contributed by atoms with Gasteiger partial charge in [0.2, 0.25) is 11.8 Å². The molecule has 0 bridgehead atoms. The molecule has 0 aromatic heterocycles. The Kier molecular flexibility index (Phi) is 10.1. The number of nitrogens with zero attached hydrogens (tertiary/aromatic N) is 2. The molecule has 1 saturated carbocycles. The molecule has 1 spiro atoms. The van der Waals surface area contributed by atoms with Crippen molar-refractivity contribution in [1.29, 1.82) is 0 Å². The van der Waals surface area contributed by atoms with Gasteiger partial charge in [-0.05, 0) is 80.8 Å². The van der Waals surface area contributed by atoms with Crippen molar-refractivity contribution in [3.63, 3.8) is 0 Å². The second-order valence-electron chi connectivity index (χ2n) is 12.3. The van der Waals surface area contributed by atoms with E-state index in [4.69, 9.17) is 9.47 Å². The normalized spacial score (nSPS) is 21.3. The fourth-order valence-electron chi connectivity index (χ4n) is 6.90. The van der Waals surface area contributed by atoms with Gasteiger partial charge in [0.1, 0.15) is 17.3 Å². The Labute approximate surface area is 259 Å². The van der Waals surface area contributed by atoms with Crippen molar-refractivity contribution in [3.05, 3.63) is 53.6 Å². The van der Waals surface area contributed by atoms with E-state index in [-0.39, 0.29) is 23.3 Å². The standard InChI is InChI=1S/C34H45N3O7/c1-3-5-18-37-31(39)29(30(38)24-8-6-7-9-24)35-33(42)34(37)16-19-36(20-17-34)22-23-10-13-26(14-11-23)44-27-15-12-25(32(40)41)21-28(27)43-4-2/h10-15,21,24,29-30,38H,3-9,16-20,22H2,1-2H3,(H,35,42)(H,40,41)/t29-,30?/m0/s1. The summed E-state index contributed by atoms with van der Waals surface area (Å²) >= 11 is 0. The number of amides is 2. The highest BCUT2D eigenvalue weighted by atomic mass is 16.5. The van der Waals surface area contributed by atoms with Gasteiger partial charge in [-0.3, -0.25) is 14.5 Å². The molecule has 1 unspecified atom stereocenters. The lowest BCUT2D eigenvalue weighted by Crippen LogP contribution is -2.75. The van der Waals surface area contributed by atoms with Crippen molar-refractivity contribution in [3.8, 4) is 17.2 Å². The number of carbonyl (C=O) groups excluding carboxylic acids is 2. The van der Waals surface area contributed by atoms with Crippen LogP contribution in [0, 0.1) is 5.92 Å². The van der Waals surface area contributed by atoms with Crippen LogP contribution in [0.25, 0.3) is 0 Å². The molecular weight excluding hydrogens is 562 g/mol. The van der Waals surface area contributed by atoms with E-state index in [2.05, 4.69) is 17.1 Å². The Morgan fingerprint density at radius 3 is 2.39 bits per heavy atom. The lowest BCUT2D eigenvalue weighted by molar-refractivity contribution is -0.165. The van der Waals surface area contributed by atoms with Crippen molar-refractivity contribution in [2.24, 2.45) is 5.92 Å². The molecule has 2 amide bonds. The third-order valence-electron chi connectivity index (χ3n) is 9.45. The van der Waals surface area contributed by atoms with E-state index in [0.29, 0.717) is 62.9 Å². The molecule has 2 heterocycles. The van der Waals surface area contributed by atoms with Crippen molar-refractivity contribution in [1.82, 2.24) is 15.1 Å². The van der Waals surface area contributed by atoms with E-state index in [0.717, 1.165) is 44.1 Å². The zero-order chi connectivity index (χ0) is 31.3. The summed E-state index contributed by atoms with van der Waals surface area (Å²) in [6.07, 6.45) is 5.92. The quantitative estimate of drug-likeness (QED) is 0.320. The highest BCUT2D eigenvalue weighted by Crippen LogP contribution is 2.37. The monoisotopic (exact) mass is 607 g/mol. The second-order valence-corrected chi connectivity index (χ2v) is 12.3. The number of ether oxygens (including phenoxy) is 2. The van der Waals surface area contributed by atoms with E-state index in [9.17, 15) is 24.6 Å². The van der Waals surface area contributed by atoms with Gasteiger partial charge in [-0.1, -0.05) is 38.3 Å². The number of piperidine rings is 1. The molecule has 10 heteroatoms. The summed E-state index contributed by atoms with van der Waals surface area (Å²) in [5, 5.41) is 23.3. The highest BCUT2D eigenvalue weighted by Gasteiger charge is 2.55. The minimum atomic E-state index is -1.03. The number of hydrogen-bond acceptors (Lipinski definition) is 7. The molecule has 2 atom stereocenters. The first-order valence-electron chi connectivity index (χ1n) is 16.1. The number of hydrogen-bond donors (Lipinski definition) is 3.